The minimum absolute atomic E-state index is 0.0813. The number of hydrogen-bond donors (Lipinski definition) is 1. The van der Waals surface area contributed by atoms with Crippen molar-refractivity contribution in [3.63, 3.8) is 0 Å². The van der Waals surface area contributed by atoms with Gasteiger partial charge in [-0.1, -0.05) is 41.9 Å². The van der Waals surface area contributed by atoms with E-state index in [2.05, 4.69) is 15.5 Å². The van der Waals surface area contributed by atoms with Gasteiger partial charge in [-0.3, -0.25) is 9.10 Å². The summed E-state index contributed by atoms with van der Waals surface area (Å²) in [5.74, 6) is 0.0369. The topological polar surface area (TPSA) is 101 Å². The molecule has 8 nitrogen and oxygen atoms in total. The maximum Gasteiger partial charge on any atom is 0.264 e. The number of nitrogens with zero attached hydrogens (tertiary/aromatic N) is 3. The smallest absolute Gasteiger partial charge is 0.264 e. The molecule has 0 saturated carbocycles. The van der Waals surface area contributed by atoms with Crippen molar-refractivity contribution < 1.29 is 17.9 Å². The third-order valence-corrected chi connectivity index (χ3v) is 7.94. The second-order valence-electron chi connectivity index (χ2n) is 8.26. The van der Waals surface area contributed by atoms with Crippen molar-refractivity contribution in [2.24, 2.45) is 5.10 Å². The molecule has 1 N–H and O–H groups in total. The van der Waals surface area contributed by atoms with Crippen molar-refractivity contribution in [1.29, 1.82) is 0 Å². The Morgan fingerprint density at radius 2 is 1.84 bits per heavy atom. The van der Waals surface area contributed by atoms with Crippen molar-refractivity contribution in [3.8, 4) is 5.75 Å². The fraction of sp³-hybridized carbons (Fsp3) is 0.148. The molecule has 0 spiro atoms. The van der Waals surface area contributed by atoms with E-state index in [-0.39, 0.29) is 10.0 Å². The van der Waals surface area contributed by atoms with Crippen LogP contribution in [-0.2, 0) is 14.8 Å². The standard InChI is InChI=1S/C27H25ClN4O4S/c1-18-8-7-11-25(19(18)2)32(37(34,35)23-9-5-4-6-10-23)17-26(33)31-29-16-21-14-20-12-13-22(36-3)15-24(20)30-27(21)28/h4-16H,17H2,1-3H3,(H,31,33)/b29-16-. The summed E-state index contributed by atoms with van der Waals surface area (Å²) in [5, 5.41) is 5.00. The number of fused-ring (bicyclic) bond motifs is 1. The SMILES string of the molecule is COc1ccc2cc(/C=N\NC(=O)CN(c3cccc(C)c3C)S(=O)(=O)c3ccccc3)c(Cl)nc2c1. The summed E-state index contributed by atoms with van der Waals surface area (Å²) in [7, 11) is -2.45. The summed E-state index contributed by atoms with van der Waals surface area (Å²) < 4.78 is 33.3. The fourth-order valence-corrected chi connectivity index (χ4v) is 5.42. The van der Waals surface area contributed by atoms with Crippen molar-refractivity contribution in [2.75, 3.05) is 18.0 Å². The molecule has 0 saturated heterocycles. The normalized spacial score (nSPS) is 11.6. The Balaban J connectivity index is 1.58. The summed E-state index contributed by atoms with van der Waals surface area (Å²) in [5.41, 5.74) is 5.62. The number of ether oxygens (including phenoxy) is 1. The number of pyridine rings is 1. The van der Waals surface area contributed by atoms with E-state index in [0.717, 1.165) is 20.8 Å². The molecule has 0 atom stereocenters. The maximum absolute atomic E-state index is 13.5. The average Bonchev–Trinajstić information content (AvgIpc) is 2.89. The van der Waals surface area contributed by atoms with Crippen LogP contribution in [0.3, 0.4) is 0 Å². The Morgan fingerprint density at radius 1 is 1.08 bits per heavy atom. The summed E-state index contributed by atoms with van der Waals surface area (Å²) in [4.78, 5) is 17.3. The van der Waals surface area contributed by atoms with E-state index in [1.54, 1.807) is 55.6 Å². The van der Waals surface area contributed by atoms with Gasteiger partial charge in [-0.2, -0.15) is 5.10 Å². The lowest BCUT2D eigenvalue weighted by atomic mass is 10.1. The van der Waals surface area contributed by atoms with E-state index < -0.39 is 22.5 Å². The van der Waals surface area contributed by atoms with E-state index >= 15 is 0 Å². The predicted molar refractivity (Wildman–Crippen MR) is 146 cm³/mol. The van der Waals surface area contributed by atoms with Crippen molar-refractivity contribution >= 4 is 50.3 Å². The van der Waals surface area contributed by atoms with Gasteiger partial charge >= 0.3 is 0 Å². The van der Waals surface area contributed by atoms with Gasteiger partial charge in [0.1, 0.15) is 17.4 Å². The van der Waals surface area contributed by atoms with Gasteiger partial charge in [0, 0.05) is 17.0 Å². The number of aromatic nitrogens is 1. The number of benzene rings is 3. The molecule has 0 unspecified atom stereocenters. The predicted octanol–water partition coefficient (Wildman–Crippen LogP) is 4.86. The van der Waals surface area contributed by atoms with E-state index in [4.69, 9.17) is 16.3 Å². The first-order valence-corrected chi connectivity index (χ1v) is 13.1. The highest BCUT2D eigenvalue weighted by Gasteiger charge is 2.28. The second kappa shape index (κ2) is 11.0. The molecule has 0 aliphatic carbocycles. The summed E-state index contributed by atoms with van der Waals surface area (Å²) in [6.07, 6.45) is 1.37. The van der Waals surface area contributed by atoms with Gasteiger partial charge in [-0.05, 0) is 61.4 Å². The number of anilines is 1. The number of sulfonamides is 1. The number of rotatable bonds is 8. The molecule has 0 aliphatic rings. The van der Waals surface area contributed by atoms with Crippen LogP contribution in [0.15, 0.2) is 82.8 Å². The van der Waals surface area contributed by atoms with Crippen LogP contribution >= 0.6 is 11.6 Å². The van der Waals surface area contributed by atoms with Crippen LogP contribution in [0.25, 0.3) is 10.9 Å². The molecule has 1 heterocycles. The Bertz CT molecular complexity index is 1590. The van der Waals surface area contributed by atoms with Crippen molar-refractivity contribution in [1.82, 2.24) is 10.4 Å². The number of nitrogens with one attached hydrogen (secondary N) is 1. The lowest BCUT2D eigenvalue weighted by molar-refractivity contribution is -0.119. The van der Waals surface area contributed by atoms with Crippen LogP contribution in [0, 0.1) is 13.8 Å². The molecule has 1 aromatic heterocycles. The zero-order chi connectivity index (χ0) is 26.6. The van der Waals surface area contributed by atoms with Crippen molar-refractivity contribution in [2.45, 2.75) is 18.7 Å². The maximum atomic E-state index is 13.5. The molecule has 3 aromatic carbocycles. The first-order chi connectivity index (χ1) is 17.7. The monoisotopic (exact) mass is 536 g/mol. The van der Waals surface area contributed by atoms with Crippen LogP contribution in [-0.4, -0.2) is 39.2 Å². The highest BCUT2D eigenvalue weighted by atomic mass is 35.5. The van der Waals surface area contributed by atoms with Crippen LogP contribution in [0.4, 0.5) is 5.69 Å². The number of carbonyl (C=O) groups is 1. The molecule has 0 aliphatic heterocycles. The molecular formula is C27H25ClN4O4S. The van der Waals surface area contributed by atoms with Gasteiger partial charge in [0.05, 0.1) is 29.4 Å². The molecule has 190 valence electrons. The molecule has 4 rings (SSSR count). The number of amides is 1. The van der Waals surface area contributed by atoms with Crippen LogP contribution in [0.5, 0.6) is 5.75 Å². The zero-order valence-electron chi connectivity index (χ0n) is 20.5. The molecule has 1 amide bonds. The van der Waals surface area contributed by atoms with E-state index in [1.165, 1.54) is 18.3 Å². The number of halogens is 1. The molecule has 37 heavy (non-hydrogen) atoms. The fourth-order valence-electron chi connectivity index (χ4n) is 3.72. The van der Waals surface area contributed by atoms with E-state index in [0.29, 0.717) is 22.5 Å². The second-order valence-corrected chi connectivity index (χ2v) is 10.5. The van der Waals surface area contributed by atoms with Crippen LogP contribution in [0.2, 0.25) is 5.15 Å². The lowest BCUT2D eigenvalue weighted by Crippen LogP contribution is -2.40. The first-order valence-electron chi connectivity index (χ1n) is 11.3. The number of methoxy groups -OCH3 is 1. The summed E-state index contributed by atoms with van der Waals surface area (Å²) in [6.45, 7) is 3.23. The summed E-state index contributed by atoms with van der Waals surface area (Å²) in [6, 6.07) is 20.5. The third-order valence-electron chi connectivity index (χ3n) is 5.86. The van der Waals surface area contributed by atoms with Crippen molar-refractivity contribution in [3.05, 3.63) is 94.6 Å². The van der Waals surface area contributed by atoms with Gasteiger partial charge in [-0.25, -0.2) is 18.8 Å². The number of hydrogen-bond acceptors (Lipinski definition) is 6. The minimum Gasteiger partial charge on any atom is -0.497 e. The Hall–Kier alpha value is -3.95. The molecule has 0 bridgehead atoms. The zero-order valence-corrected chi connectivity index (χ0v) is 22.0. The molecular weight excluding hydrogens is 512 g/mol. The summed E-state index contributed by atoms with van der Waals surface area (Å²) >= 11 is 6.29. The van der Waals surface area contributed by atoms with E-state index in [9.17, 15) is 13.2 Å². The molecule has 10 heteroatoms. The average molecular weight is 537 g/mol. The van der Waals surface area contributed by atoms with Crippen LogP contribution < -0.4 is 14.5 Å². The Labute approximate surface area is 220 Å². The van der Waals surface area contributed by atoms with Gasteiger partial charge < -0.3 is 4.74 Å². The Kier molecular flexibility index (Phi) is 7.75. The molecule has 0 radical (unpaired) electrons. The van der Waals surface area contributed by atoms with E-state index in [1.807, 2.05) is 26.0 Å². The number of carbonyl (C=O) groups excluding carboxylic acids is 1. The third kappa shape index (κ3) is 5.73. The largest absolute Gasteiger partial charge is 0.497 e. The van der Waals surface area contributed by atoms with Gasteiger partial charge in [0.15, 0.2) is 0 Å². The van der Waals surface area contributed by atoms with Gasteiger partial charge in [0.2, 0.25) is 0 Å². The molecule has 4 aromatic rings. The minimum atomic E-state index is -4.02. The van der Waals surface area contributed by atoms with Crippen LogP contribution in [0.1, 0.15) is 16.7 Å². The number of aryl methyl sites for hydroxylation is 1. The molecule has 0 fully saturated rings. The van der Waals surface area contributed by atoms with Gasteiger partial charge in [-0.15, -0.1) is 0 Å². The highest BCUT2D eigenvalue weighted by Crippen LogP contribution is 2.28. The Morgan fingerprint density at radius 3 is 2.57 bits per heavy atom. The first kappa shape index (κ1) is 26.1. The lowest BCUT2D eigenvalue weighted by Gasteiger charge is -2.26. The quantitative estimate of drug-likeness (QED) is 0.197. The number of hydrazone groups is 1. The van der Waals surface area contributed by atoms with Gasteiger partial charge in [0.25, 0.3) is 15.9 Å². The highest BCUT2D eigenvalue weighted by molar-refractivity contribution is 7.92.